The second-order valence-corrected chi connectivity index (χ2v) is 2.42. The SMILES string of the molecule is N.O=P(O)(O)OP.[MgH2]. The topological polar surface area (TPSA) is 102 Å². The highest BCUT2D eigenvalue weighted by Crippen LogP contribution is 2.38. The van der Waals surface area contributed by atoms with E-state index in [0.717, 1.165) is 0 Å². The van der Waals surface area contributed by atoms with Crippen molar-refractivity contribution in [2.45, 2.75) is 0 Å². The molecule has 0 aliphatic carbocycles. The molecule has 0 aliphatic rings. The maximum atomic E-state index is 9.45. The molecule has 0 radical (unpaired) electrons. The Kier molecular flexibility index (Phi) is 12.9. The fraction of sp³-hybridized carbons (Fsp3) is 0. The molecule has 0 aromatic heterocycles. The van der Waals surface area contributed by atoms with E-state index in [0.29, 0.717) is 0 Å². The zero-order valence-corrected chi connectivity index (χ0v) is 5.49. The molecule has 0 fully saturated rings. The lowest BCUT2D eigenvalue weighted by Gasteiger charge is -1.93. The summed E-state index contributed by atoms with van der Waals surface area (Å²) >= 11 is 0. The highest BCUT2D eigenvalue weighted by molar-refractivity contribution is 7.51. The Balaban J connectivity index is -0.000000125. The van der Waals surface area contributed by atoms with Crippen molar-refractivity contribution in [1.29, 1.82) is 0 Å². The molecule has 8 heteroatoms. The van der Waals surface area contributed by atoms with Gasteiger partial charge in [-0.3, -0.25) is 4.31 Å². The minimum absolute atomic E-state index is 0. The van der Waals surface area contributed by atoms with Crippen LogP contribution in [-0.2, 0) is 8.88 Å². The zero-order chi connectivity index (χ0) is 5.21. The summed E-state index contributed by atoms with van der Waals surface area (Å²) in [4.78, 5) is 15.4. The number of hydrogen-bond donors (Lipinski definition) is 3. The molecule has 50 valence electrons. The van der Waals surface area contributed by atoms with E-state index in [1.165, 1.54) is 9.47 Å². The maximum absolute atomic E-state index is 9.45. The molecule has 0 aromatic carbocycles. The van der Waals surface area contributed by atoms with Gasteiger partial charge in [0.2, 0.25) is 0 Å². The summed E-state index contributed by atoms with van der Waals surface area (Å²) in [6.07, 6.45) is 0. The van der Waals surface area contributed by atoms with Gasteiger partial charge in [0, 0.05) is 9.47 Å². The Labute approximate surface area is 65.4 Å². The molecular formula is H9MgNO4P2. The molecule has 0 amide bonds. The summed E-state index contributed by atoms with van der Waals surface area (Å²) in [6.45, 7) is 0. The standard InChI is InChI=1S/Mg.H3N.H4O4P2.2H/c;;1-6(2,3)4-5;;/h;1H3;5H2,(H2,1,2,3);;. The fourth-order valence-electron chi connectivity index (χ4n) is 0. The van der Waals surface area contributed by atoms with Crippen LogP contribution in [0.3, 0.4) is 0 Å². The van der Waals surface area contributed by atoms with E-state index in [1.54, 1.807) is 0 Å². The quantitative estimate of drug-likeness (QED) is 0.353. The molecule has 0 heterocycles. The lowest BCUT2D eigenvalue weighted by molar-refractivity contribution is 0.298. The van der Waals surface area contributed by atoms with Gasteiger partial charge >= 0.3 is 30.9 Å². The normalized spacial score (nSPS) is 8.88. The molecule has 5 N–H and O–H groups in total. The first-order valence-electron chi connectivity index (χ1n) is 1.00. The highest BCUT2D eigenvalue weighted by atomic mass is 31.2. The number of hydrogen-bond acceptors (Lipinski definition) is 3. The van der Waals surface area contributed by atoms with Gasteiger partial charge in [-0.15, -0.1) is 0 Å². The van der Waals surface area contributed by atoms with Gasteiger partial charge in [0.05, 0.1) is 0 Å². The molecule has 0 aromatic rings. The third-order valence-corrected chi connectivity index (χ3v) is 1.24. The molecular weight excluding hydrogens is 164 g/mol. The molecule has 0 rings (SSSR count). The van der Waals surface area contributed by atoms with E-state index >= 15 is 0 Å². The van der Waals surface area contributed by atoms with Crippen molar-refractivity contribution in [3.63, 3.8) is 0 Å². The molecule has 1 unspecified atom stereocenters. The zero-order valence-electron chi connectivity index (χ0n) is 3.44. The Morgan fingerprint density at radius 3 is 1.62 bits per heavy atom. The van der Waals surface area contributed by atoms with Gasteiger partial charge in [0.1, 0.15) is 0 Å². The van der Waals surface area contributed by atoms with Crippen molar-refractivity contribution in [3.05, 3.63) is 0 Å². The van der Waals surface area contributed by atoms with E-state index < -0.39 is 7.82 Å². The minimum Gasteiger partial charge on any atom is -0.344 e. The van der Waals surface area contributed by atoms with E-state index in [2.05, 4.69) is 4.31 Å². The molecule has 8 heavy (non-hydrogen) atoms. The molecule has 0 aliphatic heterocycles. The van der Waals surface area contributed by atoms with Crippen LogP contribution in [0.1, 0.15) is 0 Å². The number of phosphoric acid groups is 1. The molecule has 0 bridgehead atoms. The molecule has 5 nitrogen and oxygen atoms in total. The lowest BCUT2D eigenvalue weighted by Crippen LogP contribution is -1.69. The van der Waals surface area contributed by atoms with Crippen LogP contribution in [0.4, 0.5) is 0 Å². The van der Waals surface area contributed by atoms with E-state index in [9.17, 15) is 4.57 Å². The average molecular weight is 173 g/mol. The molecule has 0 saturated carbocycles. The minimum atomic E-state index is -4.18. The van der Waals surface area contributed by atoms with Crippen molar-refractivity contribution in [2.75, 3.05) is 0 Å². The largest absolute Gasteiger partial charge is 0.472 e. The van der Waals surface area contributed by atoms with Gasteiger partial charge < -0.3 is 15.9 Å². The third-order valence-electron chi connectivity index (χ3n) is 0.137. The first kappa shape index (κ1) is 16.1. The molecule has 0 saturated heterocycles. The summed E-state index contributed by atoms with van der Waals surface area (Å²) in [5.74, 6) is 0. The predicted molar refractivity (Wildman–Crippen MR) is 36.4 cm³/mol. The van der Waals surface area contributed by atoms with Crippen LogP contribution in [0.15, 0.2) is 0 Å². The highest BCUT2D eigenvalue weighted by Gasteiger charge is 2.07. The van der Waals surface area contributed by atoms with Crippen LogP contribution in [0, 0.1) is 0 Å². The lowest BCUT2D eigenvalue weighted by atomic mass is 14.0. The van der Waals surface area contributed by atoms with Crippen LogP contribution in [0.5, 0.6) is 0 Å². The van der Waals surface area contributed by atoms with Gasteiger partial charge in [-0.25, -0.2) is 4.57 Å². The van der Waals surface area contributed by atoms with Crippen LogP contribution < -0.4 is 6.15 Å². The van der Waals surface area contributed by atoms with Crippen molar-refractivity contribution in [1.82, 2.24) is 6.15 Å². The van der Waals surface area contributed by atoms with E-state index in [-0.39, 0.29) is 29.2 Å². The van der Waals surface area contributed by atoms with E-state index in [4.69, 9.17) is 9.79 Å². The van der Waals surface area contributed by atoms with E-state index in [1.807, 2.05) is 0 Å². The first-order chi connectivity index (χ1) is 2.56. The summed E-state index contributed by atoms with van der Waals surface area (Å²) < 4.78 is 13.0. The second kappa shape index (κ2) is 6.39. The van der Waals surface area contributed by atoms with Crippen LogP contribution in [0.2, 0.25) is 0 Å². The fourth-order valence-corrected chi connectivity index (χ4v) is 0. The van der Waals surface area contributed by atoms with Gasteiger partial charge in [-0.05, 0) is 0 Å². The summed E-state index contributed by atoms with van der Waals surface area (Å²) in [5, 5.41) is 0. The third kappa shape index (κ3) is 15.7. The van der Waals surface area contributed by atoms with Crippen molar-refractivity contribution in [3.8, 4) is 0 Å². The monoisotopic (exact) mass is 173 g/mol. The van der Waals surface area contributed by atoms with Gasteiger partial charge in [0.25, 0.3) is 0 Å². The Bertz CT molecular complexity index is 78.1. The molecule has 1 atom stereocenters. The number of rotatable bonds is 1. The smallest absolute Gasteiger partial charge is 0.344 e. The first-order valence-corrected chi connectivity index (χ1v) is 3.00. The van der Waals surface area contributed by atoms with Gasteiger partial charge in [-0.1, -0.05) is 0 Å². The van der Waals surface area contributed by atoms with Gasteiger partial charge in [0.15, 0.2) is 0 Å². The van der Waals surface area contributed by atoms with Crippen molar-refractivity contribution in [2.24, 2.45) is 0 Å². The van der Waals surface area contributed by atoms with Crippen LogP contribution in [0.25, 0.3) is 0 Å². The maximum Gasteiger partial charge on any atom is 0.472 e. The predicted octanol–water partition coefficient (Wildman–Crippen LogP) is -0.868. The summed E-state index contributed by atoms with van der Waals surface area (Å²) in [6, 6.07) is 0. The van der Waals surface area contributed by atoms with Crippen LogP contribution >= 0.6 is 17.3 Å². The Morgan fingerprint density at radius 2 is 1.62 bits per heavy atom. The summed E-state index contributed by atoms with van der Waals surface area (Å²) in [7, 11) is -2.72. The van der Waals surface area contributed by atoms with Gasteiger partial charge in [-0.2, -0.15) is 0 Å². The van der Waals surface area contributed by atoms with Crippen LogP contribution in [-0.4, -0.2) is 32.8 Å². The van der Waals surface area contributed by atoms with Crippen molar-refractivity contribution < 1.29 is 18.7 Å². The van der Waals surface area contributed by atoms with Crippen molar-refractivity contribution >= 4 is 40.3 Å². The second-order valence-electron chi connectivity index (χ2n) is 0.596. The Hall–Kier alpha value is 1.27. The summed E-state index contributed by atoms with van der Waals surface area (Å²) in [5.41, 5.74) is 0. The Morgan fingerprint density at radius 1 is 1.50 bits per heavy atom. The average Bonchev–Trinajstić information content (AvgIpc) is 1.35. The molecule has 0 spiro atoms.